The topological polar surface area (TPSA) is 83.8 Å². The first-order valence-corrected chi connectivity index (χ1v) is 9.23. The number of esters is 1. The van der Waals surface area contributed by atoms with Crippen molar-refractivity contribution in [2.24, 2.45) is 22.7 Å². The smallest absolute Gasteiger partial charge is 0.334 e. The summed E-state index contributed by atoms with van der Waals surface area (Å²) in [5, 5.41) is 20.8. The van der Waals surface area contributed by atoms with E-state index in [0.717, 1.165) is 24.8 Å². The van der Waals surface area contributed by atoms with Gasteiger partial charge in [-0.3, -0.25) is 4.79 Å². The van der Waals surface area contributed by atoms with Crippen molar-refractivity contribution < 1.29 is 24.5 Å². The van der Waals surface area contributed by atoms with Gasteiger partial charge in [0.05, 0.1) is 11.5 Å². The number of aliphatic hydroxyl groups is 1. The molecule has 136 valence electrons. The first-order chi connectivity index (χ1) is 11.7. The maximum absolute atomic E-state index is 12.2. The van der Waals surface area contributed by atoms with Gasteiger partial charge in [-0.25, -0.2) is 4.79 Å². The third-order valence-electron chi connectivity index (χ3n) is 7.62. The molecule has 1 saturated heterocycles. The number of aliphatic carboxylic acids is 1. The van der Waals surface area contributed by atoms with Crippen molar-refractivity contribution in [2.45, 2.75) is 64.6 Å². The molecule has 1 heterocycles. The summed E-state index contributed by atoms with van der Waals surface area (Å²) >= 11 is 0. The molecular formula is C20H26O5. The Hall–Kier alpha value is -1.62. The zero-order valence-corrected chi connectivity index (χ0v) is 14.9. The highest BCUT2D eigenvalue weighted by Crippen LogP contribution is 2.63. The average molecular weight is 346 g/mol. The van der Waals surface area contributed by atoms with E-state index in [2.05, 4.69) is 6.58 Å². The zero-order chi connectivity index (χ0) is 18.1. The molecule has 4 rings (SSSR count). The van der Waals surface area contributed by atoms with E-state index in [1.807, 2.05) is 13.8 Å². The quantitative estimate of drug-likeness (QED) is 0.433. The van der Waals surface area contributed by atoms with Crippen LogP contribution >= 0.6 is 0 Å². The summed E-state index contributed by atoms with van der Waals surface area (Å²) in [6, 6.07) is 0. The lowest BCUT2D eigenvalue weighted by atomic mass is 9.46. The third-order valence-corrected chi connectivity index (χ3v) is 7.62. The summed E-state index contributed by atoms with van der Waals surface area (Å²) in [6.45, 7) is 7.70. The Morgan fingerprint density at radius 2 is 2.04 bits per heavy atom. The Kier molecular flexibility index (Phi) is 3.50. The number of carboxylic acid groups (broad SMARTS) is 1. The van der Waals surface area contributed by atoms with Crippen molar-refractivity contribution in [3.8, 4) is 0 Å². The SMILES string of the molecule is C=C1C(=O)O[C@H]2C[C@@H]1CC1=C2[C@]2(C)[C@@H](O)CC[C@@](C)(C(=O)O)[C@H]2CC1. The molecule has 2 fully saturated rings. The van der Waals surface area contributed by atoms with E-state index in [-0.39, 0.29) is 23.9 Å². The number of carboxylic acids is 1. The molecule has 2 N–H and O–H groups in total. The molecule has 5 heteroatoms. The van der Waals surface area contributed by atoms with Crippen LogP contribution in [0.5, 0.6) is 0 Å². The average Bonchev–Trinajstić information content (AvgIpc) is 2.56. The number of rotatable bonds is 1. The second-order valence-electron chi connectivity index (χ2n) is 8.72. The summed E-state index contributed by atoms with van der Waals surface area (Å²) in [4.78, 5) is 24.2. The molecule has 1 saturated carbocycles. The van der Waals surface area contributed by atoms with E-state index in [4.69, 9.17) is 4.74 Å². The minimum absolute atomic E-state index is 0.122. The molecule has 3 aliphatic carbocycles. The molecule has 0 spiro atoms. The molecule has 6 atom stereocenters. The Labute approximate surface area is 147 Å². The monoisotopic (exact) mass is 346 g/mol. The number of allylic oxidation sites excluding steroid dienone is 1. The molecule has 0 aromatic carbocycles. The summed E-state index contributed by atoms with van der Waals surface area (Å²) in [7, 11) is 0. The number of hydrogen-bond donors (Lipinski definition) is 2. The molecule has 0 amide bonds. The third kappa shape index (κ3) is 2.05. The van der Waals surface area contributed by atoms with E-state index in [9.17, 15) is 19.8 Å². The van der Waals surface area contributed by atoms with Crippen molar-refractivity contribution in [1.29, 1.82) is 0 Å². The van der Waals surface area contributed by atoms with Crippen molar-refractivity contribution in [3.63, 3.8) is 0 Å². The first kappa shape index (κ1) is 16.8. The van der Waals surface area contributed by atoms with Crippen molar-refractivity contribution in [1.82, 2.24) is 0 Å². The van der Waals surface area contributed by atoms with Gasteiger partial charge in [0.15, 0.2) is 0 Å². The highest BCUT2D eigenvalue weighted by molar-refractivity contribution is 5.90. The molecule has 0 radical (unpaired) electrons. The van der Waals surface area contributed by atoms with Crippen LogP contribution < -0.4 is 0 Å². The lowest BCUT2D eigenvalue weighted by molar-refractivity contribution is -0.171. The van der Waals surface area contributed by atoms with Gasteiger partial charge in [0.25, 0.3) is 0 Å². The van der Waals surface area contributed by atoms with Gasteiger partial charge >= 0.3 is 11.9 Å². The van der Waals surface area contributed by atoms with Crippen LogP contribution in [0, 0.1) is 22.7 Å². The van der Waals surface area contributed by atoms with Crippen LogP contribution in [-0.4, -0.2) is 34.4 Å². The Balaban J connectivity index is 1.84. The maximum Gasteiger partial charge on any atom is 0.334 e. The Bertz CT molecular complexity index is 707. The molecule has 25 heavy (non-hydrogen) atoms. The van der Waals surface area contributed by atoms with Crippen molar-refractivity contribution in [3.05, 3.63) is 23.3 Å². The summed E-state index contributed by atoms with van der Waals surface area (Å²) < 4.78 is 5.68. The standard InChI is InChI=1S/C20H26O5/c1-10-12-8-11-4-5-14-19(2,18(23)24)7-6-15(21)20(14,3)16(11)13(9-12)25-17(10)22/h12-15,21H,1,4-9H2,2-3H3,(H,23,24)/t12-,13-,14+,15-,19+,20-/m0/s1. The van der Waals surface area contributed by atoms with E-state index in [0.29, 0.717) is 24.8 Å². The lowest BCUT2D eigenvalue weighted by Gasteiger charge is -2.59. The fourth-order valence-electron chi connectivity index (χ4n) is 6.17. The molecule has 5 nitrogen and oxygen atoms in total. The van der Waals surface area contributed by atoms with E-state index >= 15 is 0 Å². The van der Waals surface area contributed by atoms with E-state index in [1.54, 1.807) is 0 Å². The van der Waals surface area contributed by atoms with Gasteiger partial charge in [-0.05, 0) is 62.9 Å². The largest absolute Gasteiger partial charge is 0.481 e. The Morgan fingerprint density at radius 3 is 2.72 bits per heavy atom. The fraction of sp³-hybridized carbons (Fsp3) is 0.700. The number of ether oxygens (including phenoxy) is 1. The number of carbonyl (C=O) groups is 2. The highest BCUT2D eigenvalue weighted by Gasteiger charge is 2.62. The van der Waals surface area contributed by atoms with Gasteiger partial charge in [0.1, 0.15) is 6.10 Å². The predicted molar refractivity (Wildman–Crippen MR) is 90.6 cm³/mol. The number of hydrogen-bond acceptors (Lipinski definition) is 4. The molecule has 0 aromatic heterocycles. The summed E-state index contributed by atoms with van der Waals surface area (Å²) in [5.74, 6) is -1.16. The summed E-state index contributed by atoms with van der Waals surface area (Å²) in [5.41, 5.74) is 1.32. The second-order valence-corrected chi connectivity index (χ2v) is 8.72. The molecule has 4 aliphatic rings. The first-order valence-electron chi connectivity index (χ1n) is 9.23. The lowest BCUT2D eigenvalue weighted by Crippen LogP contribution is -2.59. The fourth-order valence-corrected chi connectivity index (χ4v) is 6.17. The second kappa shape index (κ2) is 5.19. The molecular weight excluding hydrogens is 320 g/mol. The van der Waals surface area contributed by atoms with E-state index < -0.39 is 22.9 Å². The molecule has 1 aliphatic heterocycles. The maximum atomic E-state index is 12.2. The minimum Gasteiger partial charge on any atom is -0.481 e. The van der Waals surface area contributed by atoms with Gasteiger partial charge in [-0.1, -0.05) is 19.1 Å². The number of fused-ring (bicyclic) bond motifs is 5. The van der Waals surface area contributed by atoms with Crippen LogP contribution in [0.2, 0.25) is 0 Å². The van der Waals surface area contributed by atoms with Crippen molar-refractivity contribution >= 4 is 11.9 Å². The Morgan fingerprint density at radius 1 is 1.32 bits per heavy atom. The van der Waals surface area contributed by atoms with Gasteiger partial charge in [0, 0.05) is 11.0 Å². The van der Waals surface area contributed by atoms with E-state index in [1.165, 1.54) is 5.57 Å². The number of aliphatic hydroxyl groups excluding tert-OH is 1. The number of carbonyl (C=O) groups excluding carboxylic acids is 1. The van der Waals surface area contributed by atoms with Crippen LogP contribution in [0.15, 0.2) is 23.3 Å². The molecule has 0 aromatic rings. The molecule has 2 bridgehead atoms. The van der Waals surface area contributed by atoms with Crippen LogP contribution in [0.3, 0.4) is 0 Å². The van der Waals surface area contributed by atoms with Crippen LogP contribution in [0.1, 0.15) is 52.4 Å². The summed E-state index contributed by atoms with van der Waals surface area (Å²) in [6.07, 6.45) is 3.08. The highest BCUT2D eigenvalue weighted by atomic mass is 16.5. The van der Waals surface area contributed by atoms with Crippen LogP contribution in [-0.2, 0) is 14.3 Å². The van der Waals surface area contributed by atoms with Gasteiger partial charge in [-0.2, -0.15) is 0 Å². The van der Waals surface area contributed by atoms with Crippen molar-refractivity contribution in [2.75, 3.05) is 0 Å². The van der Waals surface area contributed by atoms with Gasteiger partial charge in [0.2, 0.25) is 0 Å². The zero-order valence-electron chi connectivity index (χ0n) is 14.9. The van der Waals surface area contributed by atoms with Crippen LogP contribution in [0.25, 0.3) is 0 Å². The molecule has 0 unspecified atom stereocenters. The van der Waals surface area contributed by atoms with Gasteiger partial charge in [-0.15, -0.1) is 0 Å². The predicted octanol–water partition coefficient (Wildman–Crippen LogP) is 2.84. The van der Waals surface area contributed by atoms with Crippen LogP contribution in [0.4, 0.5) is 0 Å². The minimum atomic E-state index is -0.856. The van der Waals surface area contributed by atoms with Gasteiger partial charge < -0.3 is 14.9 Å². The normalized spacial score (nSPS) is 46.2.